The number of hydrogen-bond donors (Lipinski definition) is 0. The Morgan fingerprint density at radius 1 is 1.21 bits per heavy atom. The van der Waals surface area contributed by atoms with Gasteiger partial charge in [0.1, 0.15) is 5.82 Å². The molecule has 3 aromatic rings. The fourth-order valence-electron chi connectivity index (χ4n) is 3.82. The third-order valence-electron chi connectivity index (χ3n) is 5.02. The maximum absolute atomic E-state index is 13.9. The maximum Gasteiger partial charge on any atom is 0.214 e. The van der Waals surface area contributed by atoms with E-state index in [-0.39, 0.29) is 11.9 Å². The van der Waals surface area contributed by atoms with Crippen LogP contribution >= 0.6 is 11.3 Å². The number of rotatable bonds is 4. The molecule has 142 valence electrons. The average molecular weight is 394 g/mol. The van der Waals surface area contributed by atoms with E-state index in [4.69, 9.17) is 14.6 Å². The zero-order valence-corrected chi connectivity index (χ0v) is 16.2. The molecule has 3 heterocycles. The van der Waals surface area contributed by atoms with Crippen LogP contribution in [-0.4, -0.2) is 17.3 Å². The Bertz CT molecular complexity index is 1030. The number of fused-ring (bicyclic) bond motifs is 3. The van der Waals surface area contributed by atoms with Crippen molar-refractivity contribution in [1.82, 2.24) is 5.01 Å². The molecule has 0 spiro atoms. The van der Waals surface area contributed by atoms with Crippen molar-refractivity contribution >= 4 is 17.0 Å². The van der Waals surface area contributed by atoms with Gasteiger partial charge in [-0.1, -0.05) is 30.3 Å². The van der Waals surface area contributed by atoms with Crippen LogP contribution in [-0.2, 0) is 0 Å². The van der Waals surface area contributed by atoms with Gasteiger partial charge in [-0.05, 0) is 36.6 Å². The van der Waals surface area contributed by atoms with Crippen molar-refractivity contribution in [1.29, 1.82) is 0 Å². The van der Waals surface area contributed by atoms with Crippen LogP contribution in [0.4, 0.5) is 4.39 Å². The zero-order chi connectivity index (χ0) is 19.1. The predicted octanol–water partition coefficient (Wildman–Crippen LogP) is 5.53. The van der Waals surface area contributed by atoms with Crippen LogP contribution in [0.1, 0.15) is 41.6 Å². The Hall–Kier alpha value is -2.86. The second kappa shape index (κ2) is 6.95. The molecule has 6 heteroatoms. The first kappa shape index (κ1) is 17.3. The van der Waals surface area contributed by atoms with Gasteiger partial charge in [0.25, 0.3) is 0 Å². The van der Waals surface area contributed by atoms with Gasteiger partial charge in [-0.15, -0.1) is 11.3 Å². The van der Waals surface area contributed by atoms with Crippen molar-refractivity contribution in [3.8, 4) is 11.5 Å². The third-order valence-corrected chi connectivity index (χ3v) is 5.94. The number of hydrogen-bond acceptors (Lipinski definition) is 5. The molecule has 1 aromatic heterocycles. The summed E-state index contributed by atoms with van der Waals surface area (Å²) in [6.45, 7) is 2.50. The molecule has 0 N–H and O–H groups in total. The SMILES string of the molecule is CCOc1cccc2c1O[C@H](c1cccc(F)c1)N1N=C(c3cccs3)C[C@@H]21. The predicted molar refractivity (Wildman–Crippen MR) is 107 cm³/mol. The topological polar surface area (TPSA) is 34.1 Å². The Morgan fingerprint density at radius 2 is 2.11 bits per heavy atom. The highest BCUT2D eigenvalue weighted by Gasteiger charge is 2.42. The number of halogens is 1. The summed E-state index contributed by atoms with van der Waals surface area (Å²) in [5.41, 5.74) is 2.81. The van der Waals surface area contributed by atoms with E-state index >= 15 is 0 Å². The van der Waals surface area contributed by atoms with E-state index < -0.39 is 6.23 Å². The summed E-state index contributed by atoms with van der Waals surface area (Å²) in [4.78, 5) is 1.15. The molecule has 0 radical (unpaired) electrons. The maximum atomic E-state index is 13.9. The van der Waals surface area contributed by atoms with Crippen molar-refractivity contribution in [2.24, 2.45) is 5.10 Å². The second-order valence-corrected chi connectivity index (χ2v) is 7.70. The van der Waals surface area contributed by atoms with Crippen LogP contribution in [0.2, 0.25) is 0 Å². The molecule has 0 bridgehead atoms. The minimum atomic E-state index is -0.507. The van der Waals surface area contributed by atoms with Gasteiger partial charge in [-0.3, -0.25) is 0 Å². The highest BCUT2D eigenvalue weighted by atomic mass is 32.1. The van der Waals surface area contributed by atoms with Crippen LogP contribution < -0.4 is 9.47 Å². The van der Waals surface area contributed by atoms with E-state index in [9.17, 15) is 4.39 Å². The van der Waals surface area contributed by atoms with Crippen molar-refractivity contribution in [3.05, 3.63) is 81.8 Å². The highest BCUT2D eigenvalue weighted by molar-refractivity contribution is 7.12. The largest absolute Gasteiger partial charge is 0.490 e. The Balaban J connectivity index is 1.63. The van der Waals surface area contributed by atoms with E-state index in [0.717, 1.165) is 33.9 Å². The van der Waals surface area contributed by atoms with Gasteiger partial charge in [-0.25, -0.2) is 9.40 Å². The van der Waals surface area contributed by atoms with E-state index in [1.165, 1.54) is 12.1 Å². The van der Waals surface area contributed by atoms with Crippen LogP contribution in [0.3, 0.4) is 0 Å². The first-order valence-corrected chi connectivity index (χ1v) is 10.2. The summed E-state index contributed by atoms with van der Waals surface area (Å²) in [6.07, 6.45) is 0.269. The Morgan fingerprint density at radius 3 is 2.89 bits per heavy atom. The lowest BCUT2D eigenvalue weighted by atomic mass is 9.97. The summed E-state index contributed by atoms with van der Waals surface area (Å²) in [6, 6.07) is 16.6. The van der Waals surface area contributed by atoms with Crippen molar-refractivity contribution < 1.29 is 13.9 Å². The fourth-order valence-corrected chi connectivity index (χ4v) is 4.55. The van der Waals surface area contributed by atoms with E-state index in [2.05, 4.69) is 17.5 Å². The van der Waals surface area contributed by atoms with Gasteiger partial charge in [0, 0.05) is 17.5 Å². The average Bonchev–Trinajstić information content (AvgIpc) is 3.38. The van der Waals surface area contributed by atoms with Crippen molar-refractivity contribution in [2.75, 3.05) is 6.61 Å². The molecule has 0 fully saturated rings. The van der Waals surface area contributed by atoms with Gasteiger partial charge in [0.2, 0.25) is 6.23 Å². The molecule has 2 aromatic carbocycles. The minimum absolute atomic E-state index is 0.0227. The van der Waals surface area contributed by atoms with Gasteiger partial charge in [-0.2, -0.15) is 5.10 Å². The molecule has 2 atom stereocenters. The Labute approximate surface area is 166 Å². The molecule has 2 aliphatic rings. The molecule has 5 rings (SSSR count). The van der Waals surface area contributed by atoms with Gasteiger partial charge < -0.3 is 9.47 Å². The van der Waals surface area contributed by atoms with Crippen LogP contribution in [0.5, 0.6) is 11.5 Å². The molecule has 0 unspecified atom stereocenters. The molecule has 0 amide bonds. The lowest BCUT2D eigenvalue weighted by Gasteiger charge is -2.38. The first-order valence-electron chi connectivity index (χ1n) is 9.32. The van der Waals surface area contributed by atoms with Crippen molar-refractivity contribution in [2.45, 2.75) is 25.6 Å². The standard InChI is InChI=1S/C22H19FN2O2S/c1-2-26-19-9-4-8-16-18-13-17(20-10-5-11-28-20)24-25(18)22(27-21(16)19)14-6-3-7-15(23)12-14/h3-12,18,22H,2,13H2,1H3/t18-,22+/m0/s1. The van der Waals surface area contributed by atoms with E-state index in [1.54, 1.807) is 17.4 Å². The van der Waals surface area contributed by atoms with Gasteiger partial charge in [0.05, 0.1) is 23.2 Å². The summed E-state index contributed by atoms with van der Waals surface area (Å²) >= 11 is 1.67. The fraction of sp³-hybridized carbons (Fsp3) is 0.227. The molecular weight excluding hydrogens is 375 g/mol. The molecule has 2 aliphatic heterocycles. The molecule has 4 nitrogen and oxygen atoms in total. The number of hydrazone groups is 1. The number of thiophene rings is 1. The van der Waals surface area contributed by atoms with Crippen LogP contribution in [0.15, 0.2) is 65.1 Å². The number of benzene rings is 2. The van der Waals surface area contributed by atoms with Crippen LogP contribution in [0, 0.1) is 5.82 Å². The summed E-state index contributed by atoms with van der Waals surface area (Å²) in [7, 11) is 0. The normalized spacial score (nSPS) is 20.2. The molecule has 0 saturated heterocycles. The van der Waals surface area contributed by atoms with Crippen LogP contribution in [0.25, 0.3) is 0 Å². The molecule has 28 heavy (non-hydrogen) atoms. The minimum Gasteiger partial charge on any atom is -0.490 e. The van der Waals surface area contributed by atoms with E-state index in [0.29, 0.717) is 12.4 Å². The second-order valence-electron chi connectivity index (χ2n) is 6.76. The zero-order valence-electron chi connectivity index (χ0n) is 15.3. The van der Waals surface area contributed by atoms with Crippen molar-refractivity contribution in [3.63, 3.8) is 0 Å². The summed E-state index contributed by atoms with van der Waals surface area (Å²) < 4.78 is 26.1. The summed E-state index contributed by atoms with van der Waals surface area (Å²) in [5.74, 6) is 1.15. The molecule has 0 saturated carbocycles. The van der Waals surface area contributed by atoms with Gasteiger partial charge >= 0.3 is 0 Å². The first-order chi connectivity index (χ1) is 13.7. The Kier molecular flexibility index (Phi) is 4.28. The number of nitrogens with zero attached hydrogens (tertiary/aromatic N) is 2. The lowest BCUT2D eigenvalue weighted by Crippen LogP contribution is -2.34. The molecule has 0 aliphatic carbocycles. The van der Waals surface area contributed by atoms with E-state index in [1.807, 2.05) is 36.2 Å². The molecular formula is C22H19FN2O2S. The number of para-hydroxylation sites is 1. The summed E-state index contributed by atoms with van der Waals surface area (Å²) in [5, 5.41) is 8.90. The third kappa shape index (κ3) is 2.85. The highest BCUT2D eigenvalue weighted by Crippen LogP contribution is 2.50. The quantitative estimate of drug-likeness (QED) is 0.584. The van der Waals surface area contributed by atoms with Gasteiger partial charge in [0.15, 0.2) is 11.5 Å². The smallest absolute Gasteiger partial charge is 0.214 e. The monoisotopic (exact) mass is 394 g/mol. The number of ether oxygens (including phenoxy) is 2. The lowest BCUT2D eigenvalue weighted by molar-refractivity contribution is -0.0214.